The molecule has 7 nitrogen and oxygen atoms in total. The largest absolute Gasteiger partial charge is 0.493 e. The second-order valence-corrected chi connectivity index (χ2v) is 8.00. The molecule has 1 saturated heterocycles. The molecule has 0 bridgehead atoms. The van der Waals surface area contributed by atoms with E-state index in [1.54, 1.807) is 38.5 Å². The van der Waals surface area contributed by atoms with Crippen molar-refractivity contribution in [1.29, 1.82) is 0 Å². The zero-order chi connectivity index (χ0) is 23.1. The summed E-state index contributed by atoms with van der Waals surface area (Å²) in [5.74, 6) is 0.836. The van der Waals surface area contributed by atoms with Gasteiger partial charge in [0, 0.05) is 25.7 Å². The number of rotatable bonds is 8. The fourth-order valence-electron chi connectivity index (χ4n) is 4.15. The fraction of sp³-hybridized carbons (Fsp3) is 0.440. The van der Waals surface area contributed by atoms with Crippen molar-refractivity contribution in [3.05, 3.63) is 59.2 Å². The van der Waals surface area contributed by atoms with Crippen molar-refractivity contribution in [2.24, 2.45) is 0 Å². The van der Waals surface area contributed by atoms with Gasteiger partial charge in [-0.2, -0.15) is 0 Å². The molecule has 1 atom stereocenters. The highest BCUT2D eigenvalue weighted by Gasteiger charge is 2.29. The molecule has 0 aliphatic carbocycles. The number of amides is 1. The Bertz CT molecular complexity index is 946. The van der Waals surface area contributed by atoms with E-state index in [1.165, 1.54) is 12.7 Å². The second-order valence-electron chi connectivity index (χ2n) is 8.00. The van der Waals surface area contributed by atoms with Gasteiger partial charge in [-0.1, -0.05) is 18.2 Å². The van der Waals surface area contributed by atoms with Crippen LogP contribution in [0.3, 0.4) is 0 Å². The molecule has 32 heavy (non-hydrogen) atoms. The Morgan fingerprint density at radius 2 is 1.75 bits per heavy atom. The van der Waals surface area contributed by atoms with E-state index in [0.717, 1.165) is 37.3 Å². The molecule has 3 rings (SSSR count). The van der Waals surface area contributed by atoms with Crippen LogP contribution in [0.4, 0.5) is 0 Å². The molecule has 1 aliphatic heterocycles. The molecule has 0 unspecified atom stereocenters. The van der Waals surface area contributed by atoms with Gasteiger partial charge in [0.2, 0.25) is 0 Å². The van der Waals surface area contributed by atoms with Gasteiger partial charge in [-0.05, 0) is 56.1 Å². The third kappa shape index (κ3) is 5.40. The lowest BCUT2D eigenvalue weighted by molar-refractivity contribution is 0.0565. The maximum absolute atomic E-state index is 13.2. The average molecular weight is 441 g/mol. The number of likely N-dealkylation sites (N-methyl/N-ethyl adjacent to an activating group) is 1. The van der Waals surface area contributed by atoms with Gasteiger partial charge in [-0.15, -0.1) is 0 Å². The Labute approximate surface area is 189 Å². The Hall–Kier alpha value is -3.06. The van der Waals surface area contributed by atoms with Crippen LogP contribution in [-0.4, -0.2) is 75.7 Å². The molecule has 2 aromatic rings. The zero-order valence-electron chi connectivity index (χ0n) is 19.3. The minimum atomic E-state index is -0.491. The number of piperidine rings is 1. The van der Waals surface area contributed by atoms with Crippen molar-refractivity contribution in [3.63, 3.8) is 0 Å². The van der Waals surface area contributed by atoms with Crippen molar-refractivity contribution >= 4 is 11.9 Å². The highest BCUT2D eigenvalue weighted by molar-refractivity contribution is 6.05. The highest BCUT2D eigenvalue weighted by Crippen LogP contribution is 2.28. The van der Waals surface area contributed by atoms with Gasteiger partial charge in [0.25, 0.3) is 5.91 Å². The third-order valence-electron chi connectivity index (χ3n) is 6.07. The lowest BCUT2D eigenvalue weighted by atomic mass is 10.0. The van der Waals surface area contributed by atoms with Crippen LogP contribution < -0.4 is 9.47 Å². The van der Waals surface area contributed by atoms with Gasteiger partial charge in [-0.25, -0.2) is 4.79 Å². The van der Waals surface area contributed by atoms with Crippen molar-refractivity contribution in [1.82, 2.24) is 9.80 Å². The number of carbonyl (C=O) groups excluding carboxylic acids is 2. The summed E-state index contributed by atoms with van der Waals surface area (Å²) < 4.78 is 15.6. The van der Waals surface area contributed by atoms with Crippen LogP contribution in [0.1, 0.15) is 39.1 Å². The molecule has 1 fully saturated rings. The summed E-state index contributed by atoms with van der Waals surface area (Å²) in [6, 6.07) is 13.1. The third-order valence-corrected chi connectivity index (χ3v) is 6.07. The minimum Gasteiger partial charge on any atom is -0.493 e. The Balaban J connectivity index is 1.63. The molecule has 0 N–H and O–H groups in total. The highest BCUT2D eigenvalue weighted by atomic mass is 16.5. The summed E-state index contributed by atoms with van der Waals surface area (Å²) in [6.45, 7) is 2.19. The van der Waals surface area contributed by atoms with Crippen molar-refractivity contribution in [2.75, 3.05) is 48.0 Å². The maximum Gasteiger partial charge on any atom is 0.338 e. The van der Waals surface area contributed by atoms with E-state index in [-0.39, 0.29) is 11.9 Å². The van der Waals surface area contributed by atoms with Gasteiger partial charge in [0.1, 0.15) is 0 Å². The lowest BCUT2D eigenvalue weighted by Crippen LogP contribution is -2.49. The van der Waals surface area contributed by atoms with Gasteiger partial charge < -0.3 is 24.0 Å². The molecular formula is C25H32N2O5. The first kappa shape index (κ1) is 23.6. The zero-order valence-corrected chi connectivity index (χ0v) is 19.3. The first-order valence-electron chi connectivity index (χ1n) is 10.9. The van der Waals surface area contributed by atoms with E-state index >= 15 is 0 Å². The maximum atomic E-state index is 13.2. The standard InChI is InChI=1S/C25H32N2O5/c1-26(15-13-18-11-12-22(30-2)23(16-18)31-3)19-8-7-14-27(17-19)24(28)20-9-5-6-10-21(20)25(29)32-4/h5-6,9-12,16,19H,7-8,13-15,17H2,1-4H3/t19-/m1/s1. The topological polar surface area (TPSA) is 68.3 Å². The summed E-state index contributed by atoms with van der Waals surface area (Å²) in [7, 11) is 6.69. The van der Waals surface area contributed by atoms with Crippen LogP contribution in [-0.2, 0) is 11.2 Å². The number of benzene rings is 2. The summed E-state index contributed by atoms with van der Waals surface area (Å²) in [6.07, 6.45) is 2.83. The van der Waals surface area contributed by atoms with Gasteiger partial charge in [0.05, 0.1) is 32.5 Å². The quantitative estimate of drug-likeness (QED) is 0.587. The average Bonchev–Trinajstić information content (AvgIpc) is 2.86. The summed E-state index contributed by atoms with van der Waals surface area (Å²) in [5.41, 5.74) is 1.88. The van der Waals surface area contributed by atoms with Crippen LogP contribution in [0.15, 0.2) is 42.5 Å². The van der Waals surface area contributed by atoms with Crippen molar-refractivity contribution < 1.29 is 23.8 Å². The van der Waals surface area contributed by atoms with E-state index in [9.17, 15) is 9.59 Å². The molecule has 172 valence electrons. The number of carbonyl (C=O) groups is 2. The summed E-state index contributed by atoms with van der Waals surface area (Å²) >= 11 is 0. The Kier molecular flexibility index (Phi) is 8.11. The number of methoxy groups -OCH3 is 3. The normalized spacial score (nSPS) is 16.0. The molecule has 0 radical (unpaired) electrons. The molecule has 0 spiro atoms. The number of hydrogen-bond acceptors (Lipinski definition) is 6. The molecule has 1 heterocycles. The monoisotopic (exact) mass is 440 g/mol. The van der Waals surface area contributed by atoms with E-state index in [2.05, 4.69) is 18.0 Å². The predicted octanol–water partition coefficient (Wildman–Crippen LogP) is 3.27. The first-order valence-corrected chi connectivity index (χ1v) is 10.9. The molecule has 1 aliphatic rings. The van der Waals surface area contributed by atoms with Crippen LogP contribution in [0.2, 0.25) is 0 Å². The van der Waals surface area contributed by atoms with Crippen molar-refractivity contribution in [2.45, 2.75) is 25.3 Å². The van der Waals surface area contributed by atoms with Crippen LogP contribution >= 0.6 is 0 Å². The van der Waals surface area contributed by atoms with E-state index in [0.29, 0.717) is 24.2 Å². The number of nitrogens with zero attached hydrogens (tertiary/aromatic N) is 2. The molecular weight excluding hydrogens is 408 g/mol. The van der Waals surface area contributed by atoms with E-state index < -0.39 is 5.97 Å². The molecule has 1 amide bonds. The van der Waals surface area contributed by atoms with Crippen LogP contribution in [0, 0.1) is 0 Å². The summed E-state index contributed by atoms with van der Waals surface area (Å²) in [5, 5.41) is 0. The molecule has 0 aromatic heterocycles. The summed E-state index contributed by atoms with van der Waals surface area (Å²) in [4.78, 5) is 29.4. The molecule has 0 saturated carbocycles. The predicted molar refractivity (Wildman–Crippen MR) is 123 cm³/mol. The fourth-order valence-corrected chi connectivity index (χ4v) is 4.15. The number of likely N-dealkylation sites (tertiary alicyclic amines) is 1. The Morgan fingerprint density at radius 3 is 2.44 bits per heavy atom. The minimum absolute atomic E-state index is 0.121. The number of esters is 1. The Morgan fingerprint density at radius 1 is 1.03 bits per heavy atom. The molecule has 7 heteroatoms. The lowest BCUT2D eigenvalue weighted by Gasteiger charge is -2.38. The van der Waals surface area contributed by atoms with Crippen molar-refractivity contribution in [3.8, 4) is 11.5 Å². The molecule has 2 aromatic carbocycles. The van der Waals surface area contributed by atoms with E-state index in [4.69, 9.17) is 14.2 Å². The van der Waals surface area contributed by atoms with Gasteiger partial charge in [-0.3, -0.25) is 4.79 Å². The first-order chi connectivity index (χ1) is 15.5. The van der Waals surface area contributed by atoms with Crippen LogP contribution in [0.5, 0.6) is 11.5 Å². The van der Waals surface area contributed by atoms with Gasteiger partial charge in [0.15, 0.2) is 11.5 Å². The SMILES string of the molecule is COC(=O)c1ccccc1C(=O)N1CCC[C@@H](N(C)CCc2ccc(OC)c(OC)c2)C1. The smallest absolute Gasteiger partial charge is 0.338 e. The number of hydrogen-bond donors (Lipinski definition) is 0. The van der Waals surface area contributed by atoms with Gasteiger partial charge >= 0.3 is 5.97 Å². The van der Waals surface area contributed by atoms with Crippen LogP contribution in [0.25, 0.3) is 0 Å². The van der Waals surface area contributed by atoms with E-state index in [1.807, 2.05) is 17.0 Å². The second kappa shape index (κ2) is 11.0. The number of ether oxygens (including phenoxy) is 3.